The number of ether oxygens (including phenoxy) is 2. The molecule has 0 heterocycles. The van der Waals surface area contributed by atoms with Gasteiger partial charge >= 0.3 is 18.7 Å². The summed E-state index contributed by atoms with van der Waals surface area (Å²) >= 11 is 0. The van der Waals surface area contributed by atoms with Crippen LogP contribution in [0.15, 0.2) is 66.1 Å². The molecular weight excluding hydrogens is 607 g/mol. The van der Waals surface area contributed by atoms with Gasteiger partial charge in [0, 0.05) is 38.7 Å². The first-order valence-electron chi connectivity index (χ1n) is 13.9. The number of alkyl halides is 7. The molecule has 0 saturated heterocycles. The van der Waals surface area contributed by atoms with E-state index >= 15 is 4.39 Å². The molecule has 14 heteroatoms. The van der Waals surface area contributed by atoms with Gasteiger partial charge in [0.25, 0.3) is 0 Å². The van der Waals surface area contributed by atoms with Crippen LogP contribution in [0.5, 0.6) is 0 Å². The van der Waals surface area contributed by atoms with E-state index in [1.165, 1.54) is 19.2 Å². The molecule has 0 saturated carbocycles. The third-order valence-electron chi connectivity index (χ3n) is 7.27. The van der Waals surface area contributed by atoms with Crippen LogP contribution < -0.4 is 10.6 Å². The molecule has 3 rings (SSSR count). The highest BCUT2D eigenvalue weighted by molar-refractivity contribution is 5.43. The fourth-order valence-electron chi connectivity index (χ4n) is 5.26. The Labute approximate surface area is 249 Å². The quantitative estimate of drug-likeness (QED) is 0.140. The first-order valence-corrected chi connectivity index (χ1v) is 13.9. The molecule has 3 N–H and O–H groups in total. The Hall–Kier alpha value is -2.65. The second-order valence-electron chi connectivity index (χ2n) is 10.7. The summed E-state index contributed by atoms with van der Waals surface area (Å²) in [6, 6.07) is 3.83. The van der Waals surface area contributed by atoms with E-state index in [0.29, 0.717) is 25.6 Å². The lowest BCUT2D eigenvalue weighted by Gasteiger charge is -2.43. The number of hydrogen-bond acceptors (Lipinski definition) is 5. The van der Waals surface area contributed by atoms with Crippen LogP contribution in [-0.4, -0.2) is 62.8 Å². The van der Waals surface area contributed by atoms with E-state index in [4.69, 9.17) is 4.74 Å². The summed E-state index contributed by atoms with van der Waals surface area (Å²) in [5, 5.41) is 16.2. The van der Waals surface area contributed by atoms with Gasteiger partial charge in [-0.05, 0) is 54.2 Å². The lowest BCUT2D eigenvalue weighted by Crippen LogP contribution is -2.50. The number of rotatable bonds is 16. The molecule has 0 bridgehead atoms. The van der Waals surface area contributed by atoms with Crippen molar-refractivity contribution in [2.24, 2.45) is 5.92 Å². The first kappa shape index (κ1) is 35.8. The topological polar surface area (TPSA) is 62.8 Å². The first-order chi connectivity index (χ1) is 20.6. The Morgan fingerprint density at radius 1 is 1.09 bits per heavy atom. The van der Waals surface area contributed by atoms with Crippen LogP contribution in [0.25, 0.3) is 0 Å². The van der Waals surface area contributed by atoms with Gasteiger partial charge < -0.3 is 25.2 Å². The second-order valence-corrected chi connectivity index (χ2v) is 10.7. The zero-order valence-electron chi connectivity index (χ0n) is 23.8. The van der Waals surface area contributed by atoms with E-state index < -0.39 is 67.5 Å². The number of methoxy groups -OCH3 is 1. The van der Waals surface area contributed by atoms with Crippen LogP contribution in [0.2, 0.25) is 0 Å². The molecule has 246 valence electrons. The third kappa shape index (κ3) is 10.2. The highest BCUT2D eigenvalue weighted by Gasteiger charge is 2.47. The standard InChI is InChI=1S/C30H35F9N2O3/c1-43-10-9-40-17-20-11-21(7-8-26(20)32)28(15-19-5-3-2-4-6-19,41-18-24(42)16-29(35,36)37)22-12-23(31)14-25(13-22)44-30(38,39)27(33)34/h2-5,7-8,11-12,14,19,24-25,27,40-42H,6,9-10,13,15-18H2,1H3/t19?,24-,25?,28-/m1/s1. The van der Waals surface area contributed by atoms with Crippen LogP contribution in [0.3, 0.4) is 0 Å². The summed E-state index contributed by atoms with van der Waals surface area (Å²) in [6.07, 6.45) is -10.8. The minimum atomic E-state index is -4.92. The van der Waals surface area contributed by atoms with Crippen LogP contribution in [0.1, 0.15) is 36.8 Å². The maximum atomic E-state index is 15.0. The summed E-state index contributed by atoms with van der Waals surface area (Å²) in [5.41, 5.74) is -1.36. The molecule has 1 aromatic rings. The zero-order chi connectivity index (χ0) is 32.5. The van der Waals surface area contributed by atoms with Gasteiger partial charge in [-0.2, -0.15) is 22.0 Å². The van der Waals surface area contributed by atoms with Crippen molar-refractivity contribution in [2.45, 2.75) is 68.7 Å². The van der Waals surface area contributed by atoms with Crippen molar-refractivity contribution in [3.8, 4) is 0 Å². The van der Waals surface area contributed by atoms with E-state index in [2.05, 4.69) is 15.4 Å². The lowest BCUT2D eigenvalue weighted by molar-refractivity contribution is -0.312. The largest absolute Gasteiger partial charge is 0.417 e. The molecule has 0 fully saturated rings. The van der Waals surface area contributed by atoms with E-state index in [0.717, 1.165) is 12.1 Å². The molecule has 2 unspecified atom stereocenters. The molecule has 0 aromatic heterocycles. The Morgan fingerprint density at radius 2 is 1.84 bits per heavy atom. The van der Waals surface area contributed by atoms with Crippen LogP contribution in [0, 0.1) is 11.7 Å². The predicted octanol–water partition coefficient (Wildman–Crippen LogP) is 6.61. The van der Waals surface area contributed by atoms with Crippen LogP contribution in [0.4, 0.5) is 39.5 Å². The molecule has 0 spiro atoms. The summed E-state index contributed by atoms with van der Waals surface area (Å²) in [6.45, 7) is -0.0208. The van der Waals surface area contributed by atoms with Crippen LogP contribution >= 0.6 is 0 Å². The molecular formula is C30H35F9N2O3. The minimum Gasteiger partial charge on any atom is -0.391 e. The van der Waals surface area contributed by atoms with Gasteiger partial charge in [-0.15, -0.1) is 0 Å². The summed E-state index contributed by atoms with van der Waals surface area (Å²) in [7, 11) is 1.48. The van der Waals surface area contributed by atoms with Gasteiger partial charge in [0.1, 0.15) is 11.6 Å². The third-order valence-corrected chi connectivity index (χ3v) is 7.27. The van der Waals surface area contributed by atoms with Gasteiger partial charge in [0.05, 0.1) is 30.8 Å². The molecule has 0 radical (unpaired) electrons. The number of halogens is 9. The van der Waals surface area contributed by atoms with Crippen molar-refractivity contribution in [3.63, 3.8) is 0 Å². The van der Waals surface area contributed by atoms with Gasteiger partial charge in [-0.3, -0.25) is 0 Å². The van der Waals surface area contributed by atoms with Crippen LogP contribution in [-0.2, 0) is 21.6 Å². The summed E-state index contributed by atoms with van der Waals surface area (Å²) < 4.78 is 132. The minimum absolute atomic E-state index is 0.00153. The Morgan fingerprint density at radius 3 is 2.48 bits per heavy atom. The Balaban J connectivity index is 2.13. The summed E-state index contributed by atoms with van der Waals surface area (Å²) in [5.74, 6) is -2.07. The molecule has 0 aliphatic heterocycles. The van der Waals surface area contributed by atoms with Gasteiger partial charge in [0.15, 0.2) is 0 Å². The van der Waals surface area contributed by atoms with Gasteiger partial charge in [-0.25, -0.2) is 17.6 Å². The van der Waals surface area contributed by atoms with E-state index in [1.807, 2.05) is 6.08 Å². The smallest absolute Gasteiger partial charge is 0.391 e. The highest BCUT2D eigenvalue weighted by atomic mass is 19.4. The van der Waals surface area contributed by atoms with Crippen molar-refractivity contribution in [1.82, 2.24) is 10.6 Å². The average Bonchev–Trinajstić information content (AvgIpc) is 2.93. The molecule has 2 aliphatic rings. The fraction of sp³-hybridized carbons (Fsp3) is 0.533. The molecule has 2 aliphatic carbocycles. The van der Waals surface area contributed by atoms with Crippen molar-refractivity contribution in [2.75, 3.05) is 26.8 Å². The van der Waals surface area contributed by atoms with Gasteiger partial charge in [-0.1, -0.05) is 30.4 Å². The van der Waals surface area contributed by atoms with Gasteiger partial charge in [0.2, 0.25) is 0 Å². The normalized spacial score (nSPS) is 21.3. The van der Waals surface area contributed by atoms with Crippen molar-refractivity contribution in [3.05, 3.63) is 83.0 Å². The van der Waals surface area contributed by atoms with E-state index in [-0.39, 0.29) is 35.6 Å². The molecule has 0 amide bonds. The van der Waals surface area contributed by atoms with E-state index in [1.54, 1.807) is 18.2 Å². The van der Waals surface area contributed by atoms with Crippen molar-refractivity contribution < 1.29 is 54.1 Å². The SMILES string of the molecule is COCCNCc1cc([C@@](CC2C=CC=CC2)(NC[C@H](O)CC(F)(F)F)C2=CC(F)=CC(OC(F)(F)C(F)F)C2)ccc1F. The molecule has 5 nitrogen and oxygen atoms in total. The van der Waals surface area contributed by atoms with Crippen molar-refractivity contribution >= 4 is 0 Å². The highest BCUT2D eigenvalue weighted by Crippen LogP contribution is 2.44. The maximum absolute atomic E-state index is 15.0. The molecule has 4 atom stereocenters. The second kappa shape index (κ2) is 15.6. The van der Waals surface area contributed by atoms with E-state index in [9.17, 15) is 40.2 Å². The maximum Gasteiger partial charge on any atom is 0.417 e. The monoisotopic (exact) mass is 642 g/mol. The zero-order valence-corrected chi connectivity index (χ0v) is 23.8. The number of benzene rings is 1. The average molecular weight is 643 g/mol. The number of aliphatic hydroxyl groups excluding tert-OH is 1. The number of hydrogen-bond donors (Lipinski definition) is 3. The predicted molar refractivity (Wildman–Crippen MR) is 145 cm³/mol. The number of nitrogens with one attached hydrogen (secondary N) is 2. The number of aliphatic hydroxyl groups is 1. The van der Waals surface area contributed by atoms with Crippen molar-refractivity contribution in [1.29, 1.82) is 0 Å². The fourth-order valence-corrected chi connectivity index (χ4v) is 5.26. The number of allylic oxidation sites excluding steroid dienone is 6. The lowest BCUT2D eigenvalue weighted by atomic mass is 9.71. The molecule has 44 heavy (non-hydrogen) atoms. The molecule has 1 aromatic carbocycles. The Bertz CT molecular complexity index is 1220. The Kier molecular flexibility index (Phi) is 12.7. The summed E-state index contributed by atoms with van der Waals surface area (Å²) in [4.78, 5) is 0.